The van der Waals surface area contributed by atoms with Crippen LogP contribution in [0.25, 0.3) is 11.1 Å². The molecule has 10 heteroatoms. The van der Waals surface area contributed by atoms with Gasteiger partial charge in [0.15, 0.2) is 0 Å². The summed E-state index contributed by atoms with van der Waals surface area (Å²) in [5.41, 5.74) is 4.45. The van der Waals surface area contributed by atoms with Crippen LogP contribution in [-0.4, -0.2) is 62.9 Å². The largest absolute Gasteiger partial charge is 0.481 e. The van der Waals surface area contributed by atoms with Crippen LogP contribution in [0.1, 0.15) is 47.4 Å². The highest BCUT2D eigenvalue weighted by Gasteiger charge is 2.29. The van der Waals surface area contributed by atoms with Crippen molar-refractivity contribution >= 4 is 23.9 Å². The second kappa shape index (κ2) is 10.2. The number of aliphatic carboxylic acids is 1. The summed E-state index contributed by atoms with van der Waals surface area (Å²) in [4.78, 5) is 41.3. The van der Waals surface area contributed by atoms with Gasteiger partial charge in [-0.3, -0.25) is 20.0 Å². The second-order valence-electron chi connectivity index (χ2n) is 7.89. The number of carboxylic acids is 1. The number of fused-ring (bicyclic) bond motifs is 3. The highest BCUT2D eigenvalue weighted by molar-refractivity contribution is 5.91. The summed E-state index contributed by atoms with van der Waals surface area (Å²) in [6, 6.07) is 16.1. The molecule has 2 aromatic carbocycles. The number of aromatic nitrogens is 3. The minimum Gasteiger partial charge on any atom is -0.481 e. The molecule has 34 heavy (non-hydrogen) atoms. The number of ether oxygens (including phenoxy) is 1. The number of hydrogen-bond donors (Lipinski definition) is 3. The van der Waals surface area contributed by atoms with Crippen LogP contribution in [0, 0.1) is 0 Å². The fourth-order valence-electron chi connectivity index (χ4n) is 4.10. The SMILES string of the molecule is CCCN(CCC(=O)O)C(=O)c1nc(NC(=O)OCC2c3ccccc3-c3ccccc32)n[nH]1. The molecule has 1 aliphatic rings. The molecular weight excluding hydrogens is 438 g/mol. The van der Waals surface area contributed by atoms with Gasteiger partial charge in [0.1, 0.15) is 6.61 Å². The number of carbonyl (C=O) groups excluding carboxylic acids is 2. The molecule has 0 saturated carbocycles. The number of hydrogen-bond acceptors (Lipinski definition) is 6. The Kier molecular flexibility index (Phi) is 6.86. The van der Waals surface area contributed by atoms with Crippen molar-refractivity contribution in [3.63, 3.8) is 0 Å². The lowest BCUT2D eigenvalue weighted by atomic mass is 9.98. The number of nitrogens with zero attached hydrogens (tertiary/aromatic N) is 3. The van der Waals surface area contributed by atoms with E-state index in [-0.39, 0.29) is 37.3 Å². The molecular formula is C24H25N5O5. The van der Waals surface area contributed by atoms with Crippen LogP contribution in [-0.2, 0) is 9.53 Å². The molecule has 0 aliphatic heterocycles. The first-order valence-corrected chi connectivity index (χ1v) is 11.0. The quantitative estimate of drug-likeness (QED) is 0.442. The fourth-order valence-corrected chi connectivity index (χ4v) is 4.10. The number of carboxylic acid groups (broad SMARTS) is 1. The molecule has 0 bridgehead atoms. The number of rotatable bonds is 9. The van der Waals surface area contributed by atoms with Gasteiger partial charge in [-0.1, -0.05) is 55.5 Å². The molecule has 3 N–H and O–H groups in total. The van der Waals surface area contributed by atoms with Crippen LogP contribution in [0.5, 0.6) is 0 Å². The maximum Gasteiger partial charge on any atom is 0.414 e. The third-order valence-corrected chi connectivity index (χ3v) is 5.62. The molecule has 0 spiro atoms. The molecule has 0 unspecified atom stereocenters. The molecule has 0 radical (unpaired) electrons. The van der Waals surface area contributed by atoms with E-state index in [4.69, 9.17) is 9.84 Å². The summed E-state index contributed by atoms with van der Waals surface area (Å²) >= 11 is 0. The van der Waals surface area contributed by atoms with Crippen molar-refractivity contribution in [2.75, 3.05) is 25.0 Å². The summed E-state index contributed by atoms with van der Waals surface area (Å²) in [7, 11) is 0. The smallest absolute Gasteiger partial charge is 0.414 e. The van der Waals surface area contributed by atoms with Gasteiger partial charge in [-0.2, -0.15) is 4.98 Å². The summed E-state index contributed by atoms with van der Waals surface area (Å²) < 4.78 is 5.46. The first-order chi connectivity index (χ1) is 16.5. The molecule has 0 fully saturated rings. The first-order valence-electron chi connectivity index (χ1n) is 11.0. The number of amides is 2. The lowest BCUT2D eigenvalue weighted by molar-refractivity contribution is -0.137. The molecule has 4 rings (SSSR count). The molecule has 0 saturated heterocycles. The molecule has 0 atom stereocenters. The number of carbonyl (C=O) groups is 3. The van der Waals surface area contributed by atoms with Crippen molar-refractivity contribution in [2.45, 2.75) is 25.7 Å². The summed E-state index contributed by atoms with van der Waals surface area (Å²) in [5.74, 6) is -1.76. The molecule has 2 amide bonds. The van der Waals surface area contributed by atoms with Gasteiger partial charge in [0.2, 0.25) is 5.82 Å². The van der Waals surface area contributed by atoms with Gasteiger partial charge in [0.05, 0.1) is 6.42 Å². The van der Waals surface area contributed by atoms with E-state index >= 15 is 0 Å². The average molecular weight is 463 g/mol. The minimum absolute atomic E-state index is 0.0534. The minimum atomic E-state index is -0.996. The van der Waals surface area contributed by atoms with Gasteiger partial charge in [-0.05, 0) is 28.7 Å². The van der Waals surface area contributed by atoms with Crippen LogP contribution in [0.15, 0.2) is 48.5 Å². The fraction of sp³-hybridized carbons (Fsp3) is 0.292. The van der Waals surface area contributed by atoms with E-state index in [9.17, 15) is 14.4 Å². The standard InChI is InChI=1S/C24H25N5O5/c1-2-12-29(13-11-20(30)31)22(32)21-25-23(28-27-21)26-24(33)34-14-19-17-9-5-3-7-15(17)16-8-4-6-10-18(16)19/h3-10,19H,2,11-14H2,1H3,(H,30,31)(H2,25,26,27,28,33). The lowest BCUT2D eigenvalue weighted by Crippen LogP contribution is -2.34. The van der Waals surface area contributed by atoms with Gasteiger partial charge < -0.3 is 14.7 Å². The maximum absolute atomic E-state index is 12.6. The molecule has 1 aromatic heterocycles. The third kappa shape index (κ3) is 4.90. The molecule has 3 aromatic rings. The van der Waals surface area contributed by atoms with Crippen LogP contribution >= 0.6 is 0 Å². The predicted octanol–water partition coefficient (Wildman–Crippen LogP) is 3.49. The monoisotopic (exact) mass is 463 g/mol. The molecule has 176 valence electrons. The van der Waals surface area contributed by atoms with Crippen LogP contribution < -0.4 is 5.32 Å². The number of H-pyrrole nitrogens is 1. The zero-order valence-corrected chi connectivity index (χ0v) is 18.7. The highest BCUT2D eigenvalue weighted by atomic mass is 16.5. The maximum atomic E-state index is 12.6. The van der Waals surface area contributed by atoms with Gasteiger partial charge in [-0.15, -0.1) is 5.10 Å². The summed E-state index contributed by atoms with van der Waals surface area (Å²) in [6.45, 7) is 2.45. The average Bonchev–Trinajstić information content (AvgIpc) is 3.42. The first kappa shape index (κ1) is 23.0. The van der Waals surface area contributed by atoms with Crippen molar-refractivity contribution in [3.8, 4) is 11.1 Å². The van der Waals surface area contributed by atoms with E-state index in [1.54, 1.807) is 0 Å². The molecule has 1 aliphatic carbocycles. The Hall–Kier alpha value is -4.21. The van der Waals surface area contributed by atoms with Crippen LogP contribution in [0.4, 0.5) is 10.7 Å². The number of nitrogens with one attached hydrogen (secondary N) is 2. The van der Waals surface area contributed by atoms with E-state index < -0.39 is 18.0 Å². The third-order valence-electron chi connectivity index (χ3n) is 5.62. The van der Waals surface area contributed by atoms with Crippen molar-refractivity contribution < 1.29 is 24.2 Å². The topological polar surface area (TPSA) is 138 Å². The van der Waals surface area contributed by atoms with Crippen molar-refractivity contribution in [2.24, 2.45) is 0 Å². The Morgan fingerprint density at radius 2 is 1.71 bits per heavy atom. The summed E-state index contributed by atoms with van der Waals surface area (Å²) in [5, 5.41) is 17.7. The van der Waals surface area contributed by atoms with E-state index in [1.165, 1.54) is 4.90 Å². The predicted molar refractivity (Wildman–Crippen MR) is 124 cm³/mol. The second-order valence-corrected chi connectivity index (χ2v) is 7.89. The Morgan fingerprint density at radius 3 is 2.32 bits per heavy atom. The van der Waals surface area contributed by atoms with Gasteiger partial charge in [0, 0.05) is 19.0 Å². The number of anilines is 1. The van der Waals surface area contributed by atoms with E-state index in [2.05, 4.69) is 32.6 Å². The normalized spacial score (nSPS) is 12.0. The lowest BCUT2D eigenvalue weighted by Gasteiger charge is -2.19. The van der Waals surface area contributed by atoms with E-state index in [0.717, 1.165) is 22.3 Å². The van der Waals surface area contributed by atoms with Crippen LogP contribution in [0.3, 0.4) is 0 Å². The van der Waals surface area contributed by atoms with Crippen molar-refractivity contribution in [1.29, 1.82) is 0 Å². The van der Waals surface area contributed by atoms with Gasteiger partial charge in [-0.25, -0.2) is 4.79 Å². The zero-order chi connectivity index (χ0) is 24.1. The molecule has 10 nitrogen and oxygen atoms in total. The van der Waals surface area contributed by atoms with Crippen molar-refractivity contribution in [3.05, 3.63) is 65.5 Å². The highest BCUT2D eigenvalue weighted by Crippen LogP contribution is 2.44. The van der Waals surface area contributed by atoms with Gasteiger partial charge in [0.25, 0.3) is 11.9 Å². The zero-order valence-electron chi connectivity index (χ0n) is 18.7. The number of aromatic amines is 1. The van der Waals surface area contributed by atoms with Gasteiger partial charge >= 0.3 is 12.1 Å². The van der Waals surface area contributed by atoms with E-state index in [1.807, 2.05) is 43.3 Å². The van der Waals surface area contributed by atoms with E-state index in [0.29, 0.717) is 13.0 Å². The Labute approximate surface area is 196 Å². The van der Waals surface area contributed by atoms with Crippen LogP contribution in [0.2, 0.25) is 0 Å². The Morgan fingerprint density at radius 1 is 1.06 bits per heavy atom. The summed E-state index contributed by atoms with van der Waals surface area (Å²) in [6.07, 6.45) is -0.258. The Balaban J connectivity index is 1.37. The number of benzene rings is 2. The Bertz CT molecular complexity index is 1160. The van der Waals surface area contributed by atoms with Crippen molar-refractivity contribution in [1.82, 2.24) is 20.1 Å². The molecule has 1 heterocycles.